The maximum atomic E-state index is 5.79. The number of hydrogen-bond acceptors (Lipinski definition) is 1. The third kappa shape index (κ3) is 3.13. The second-order valence-electron chi connectivity index (χ2n) is 4.97. The summed E-state index contributed by atoms with van der Waals surface area (Å²) in [5, 5.41) is 0. The minimum Gasteiger partial charge on any atom is -0.399 e. The molecule has 0 aromatic heterocycles. The van der Waals surface area contributed by atoms with Crippen molar-refractivity contribution in [3.63, 3.8) is 0 Å². The fourth-order valence-corrected chi connectivity index (χ4v) is 2.14. The molecule has 0 saturated heterocycles. The van der Waals surface area contributed by atoms with Crippen molar-refractivity contribution in [2.75, 3.05) is 5.73 Å². The van der Waals surface area contributed by atoms with Crippen molar-refractivity contribution in [3.8, 4) is 0 Å². The van der Waals surface area contributed by atoms with Crippen LogP contribution in [0.5, 0.6) is 0 Å². The fourth-order valence-electron chi connectivity index (χ4n) is 2.14. The van der Waals surface area contributed by atoms with Crippen LogP contribution in [-0.4, -0.2) is 0 Å². The van der Waals surface area contributed by atoms with E-state index in [4.69, 9.17) is 5.73 Å². The molecular formula is C17H21N. The molecule has 1 nitrogen and oxygen atoms in total. The number of nitrogen functional groups attached to an aromatic ring is 1. The molecule has 2 aromatic carbocycles. The Kier molecular flexibility index (Phi) is 4.03. The monoisotopic (exact) mass is 239 g/mol. The molecule has 0 heterocycles. The van der Waals surface area contributed by atoms with Crippen molar-refractivity contribution in [1.29, 1.82) is 0 Å². The van der Waals surface area contributed by atoms with E-state index in [1.54, 1.807) is 0 Å². The summed E-state index contributed by atoms with van der Waals surface area (Å²) in [6.07, 6.45) is 2.14. The van der Waals surface area contributed by atoms with Crippen molar-refractivity contribution in [1.82, 2.24) is 0 Å². The van der Waals surface area contributed by atoms with Crippen LogP contribution in [0.25, 0.3) is 0 Å². The second-order valence-corrected chi connectivity index (χ2v) is 4.97. The van der Waals surface area contributed by atoms with Crippen LogP contribution in [0.2, 0.25) is 0 Å². The number of benzene rings is 2. The van der Waals surface area contributed by atoms with Crippen LogP contribution >= 0.6 is 0 Å². The summed E-state index contributed by atoms with van der Waals surface area (Å²) >= 11 is 0. The Balaban J connectivity index is 2.11. The largest absolute Gasteiger partial charge is 0.399 e. The highest BCUT2D eigenvalue weighted by Crippen LogP contribution is 2.20. The van der Waals surface area contributed by atoms with Crippen molar-refractivity contribution in [2.45, 2.75) is 32.6 Å². The lowest BCUT2D eigenvalue weighted by Crippen LogP contribution is -1.94. The third-order valence-corrected chi connectivity index (χ3v) is 3.52. The highest BCUT2D eigenvalue weighted by molar-refractivity contribution is 5.42. The van der Waals surface area contributed by atoms with Crippen molar-refractivity contribution in [3.05, 3.63) is 65.2 Å². The number of rotatable bonds is 4. The molecule has 0 saturated carbocycles. The molecule has 94 valence electrons. The minimum atomic E-state index is 0.645. The molecule has 0 bridgehead atoms. The van der Waals surface area contributed by atoms with E-state index in [0.717, 1.165) is 12.1 Å². The summed E-state index contributed by atoms with van der Waals surface area (Å²) in [6.45, 7) is 4.50. The normalized spacial score (nSPS) is 12.3. The van der Waals surface area contributed by atoms with Gasteiger partial charge in [-0.2, -0.15) is 0 Å². The first-order valence-electron chi connectivity index (χ1n) is 6.62. The first kappa shape index (κ1) is 12.7. The van der Waals surface area contributed by atoms with Crippen molar-refractivity contribution < 1.29 is 0 Å². The van der Waals surface area contributed by atoms with E-state index in [1.807, 2.05) is 18.2 Å². The highest BCUT2D eigenvalue weighted by Gasteiger charge is 2.03. The maximum Gasteiger partial charge on any atom is 0.0316 e. The highest BCUT2D eigenvalue weighted by atomic mass is 14.5. The molecule has 2 N–H and O–H groups in total. The molecule has 2 aromatic rings. The van der Waals surface area contributed by atoms with Gasteiger partial charge in [0.1, 0.15) is 0 Å². The zero-order chi connectivity index (χ0) is 13.0. The van der Waals surface area contributed by atoms with E-state index in [-0.39, 0.29) is 0 Å². The summed E-state index contributed by atoms with van der Waals surface area (Å²) in [5.41, 5.74) is 10.7. The minimum absolute atomic E-state index is 0.645. The van der Waals surface area contributed by atoms with Crippen LogP contribution in [0.15, 0.2) is 48.5 Å². The Bertz CT molecular complexity index is 499. The molecule has 0 aliphatic heterocycles. The molecule has 1 atom stereocenters. The lowest BCUT2D eigenvalue weighted by atomic mass is 9.96. The van der Waals surface area contributed by atoms with E-state index >= 15 is 0 Å². The van der Waals surface area contributed by atoms with Gasteiger partial charge in [0.2, 0.25) is 0 Å². The summed E-state index contributed by atoms with van der Waals surface area (Å²) in [6, 6.07) is 17.1. The number of nitrogens with two attached hydrogens (primary N) is 1. The Labute approximate surface area is 110 Å². The van der Waals surface area contributed by atoms with E-state index in [1.165, 1.54) is 23.1 Å². The summed E-state index contributed by atoms with van der Waals surface area (Å²) < 4.78 is 0. The predicted molar refractivity (Wildman–Crippen MR) is 78.8 cm³/mol. The molecule has 1 heteroatoms. The number of anilines is 1. The van der Waals surface area contributed by atoms with Crippen LogP contribution in [0.1, 0.15) is 42.9 Å². The average Bonchev–Trinajstić information content (AvgIpc) is 2.39. The molecule has 1 unspecified atom stereocenters. The molecule has 18 heavy (non-hydrogen) atoms. The molecule has 2 rings (SSSR count). The van der Waals surface area contributed by atoms with Gasteiger partial charge in [0.15, 0.2) is 0 Å². The van der Waals surface area contributed by atoms with Gasteiger partial charge in [0.05, 0.1) is 0 Å². The van der Waals surface area contributed by atoms with E-state index < -0.39 is 0 Å². The lowest BCUT2D eigenvalue weighted by molar-refractivity contribution is 0.733. The summed E-state index contributed by atoms with van der Waals surface area (Å²) in [7, 11) is 0. The third-order valence-electron chi connectivity index (χ3n) is 3.52. The smallest absolute Gasteiger partial charge is 0.0316 e. The van der Waals surface area contributed by atoms with Crippen LogP contribution in [0.3, 0.4) is 0 Å². The van der Waals surface area contributed by atoms with Gasteiger partial charge in [-0.3, -0.25) is 0 Å². The quantitative estimate of drug-likeness (QED) is 0.788. The average molecular weight is 239 g/mol. The molecule has 0 fully saturated rings. The Morgan fingerprint density at radius 1 is 1.00 bits per heavy atom. The standard InChI is InChI=1S/C17H21N/c1-3-13(2)16-9-7-14(8-10-16)11-15-5-4-6-17(18)12-15/h4-10,12-13H,3,11,18H2,1-2H3. The van der Waals surface area contributed by atoms with Crippen LogP contribution in [-0.2, 0) is 6.42 Å². The molecule has 0 aliphatic carbocycles. The zero-order valence-electron chi connectivity index (χ0n) is 11.2. The van der Waals surface area contributed by atoms with E-state index in [9.17, 15) is 0 Å². The van der Waals surface area contributed by atoms with Gasteiger partial charge < -0.3 is 5.73 Å². The van der Waals surface area contributed by atoms with E-state index in [0.29, 0.717) is 5.92 Å². The maximum absolute atomic E-state index is 5.79. The van der Waals surface area contributed by atoms with Gasteiger partial charge in [-0.05, 0) is 47.6 Å². The lowest BCUT2D eigenvalue weighted by Gasteiger charge is -2.10. The van der Waals surface area contributed by atoms with Gasteiger partial charge in [-0.1, -0.05) is 50.2 Å². The second kappa shape index (κ2) is 5.72. The van der Waals surface area contributed by atoms with Crippen LogP contribution in [0.4, 0.5) is 5.69 Å². The Hall–Kier alpha value is -1.76. The Morgan fingerprint density at radius 2 is 1.72 bits per heavy atom. The van der Waals surface area contributed by atoms with Gasteiger partial charge in [-0.25, -0.2) is 0 Å². The van der Waals surface area contributed by atoms with Gasteiger partial charge >= 0.3 is 0 Å². The van der Waals surface area contributed by atoms with Gasteiger partial charge in [-0.15, -0.1) is 0 Å². The molecule has 0 amide bonds. The molecule has 0 aliphatic rings. The number of hydrogen-bond donors (Lipinski definition) is 1. The Morgan fingerprint density at radius 3 is 2.33 bits per heavy atom. The van der Waals surface area contributed by atoms with Gasteiger partial charge in [0.25, 0.3) is 0 Å². The fraction of sp³-hybridized carbons (Fsp3) is 0.294. The van der Waals surface area contributed by atoms with Crippen LogP contribution < -0.4 is 5.73 Å². The topological polar surface area (TPSA) is 26.0 Å². The predicted octanol–water partition coefficient (Wildman–Crippen LogP) is 4.37. The SMILES string of the molecule is CCC(C)c1ccc(Cc2cccc(N)c2)cc1. The van der Waals surface area contributed by atoms with Crippen molar-refractivity contribution >= 4 is 5.69 Å². The van der Waals surface area contributed by atoms with E-state index in [2.05, 4.69) is 44.2 Å². The van der Waals surface area contributed by atoms with Gasteiger partial charge in [0, 0.05) is 5.69 Å². The first-order valence-corrected chi connectivity index (χ1v) is 6.62. The molecular weight excluding hydrogens is 218 g/mol. The zero-order valence-corrected chi connectivity index (χ0v) is 11.2. The first-order chi connectivity index (χ1) is 8.69. The molecule has 0 radical (unpaired) electrons. The van der Waals surface area contributed by atoms with Crippen molar-refractivity contribution in [2.24, 2.45) is 0 Å². The summed E-state index contributed by atoms with van der Waals surface area (Å²) in [4.78, 5) is 0. The summed E-state index contributed by atoms with van der Waals surface area (Å²) in [5.74, 6) is 0.645. The van der Waals surface area contributed by atoms with Crippen LogP contribution in [0, 0.1) is 0 Å². The molecule has 0 spiro atoms.